The third-order valence-electron chi connectivity index (χ3n) is 3.53. The molecule has 2 aromatic rings. The first-order valence-corrected chi connectivity index (χ1v) is 7.98. The van der Waals surface area contributed by atoms with Gasteiger partial charge in [0.1, 0.15) is 5.82 Å². The van der Waals surface area contributed by atoms with Gasteiger partial charge in [-0.15, -0.1) is 11.6 Å². The first-order chi connectivity index (χ1) is 9.61. The minimum absolute atomic E-state index is 0.216. The Morgan fingerprint density at radius 2 is 1.70 bits per heavy atom. The van der Waals surface area contributed by atoms with Crippen LogP contribution in [0.3, 0.4) is 0 Å². The maximum absolute atomic E-state index is 13.5. The summed E-state index contributed by atoms with van der Waals surface area (Å²) in [5.74, 6) is 0.652. The van der Waals surface area contributed by atoms with Crippen LogP contribution in [0.5, 0.6) is 0 Å². The van der Waals surface area contributed by atoms with Crippen molar-refractivity contribution in [1.82, 2.24) is 0 Å². The van der Waals surface area contributed by atoms with Gasteiger partial charge >= 0.3 is 0 Å². The lowest BCUT2D eigenvalue weighted by Crippen LogP contribution is -2.11. The molecule has 0 aliphatic rings. The molecule has 0 saturated heterocycles. The number of hydrogen-bond donors (Lipinski definition) is 0. The van der Waals surface area contributed by atoms with Gasteiger partial charge in [0.25, 0.3) is 0 Å². The fourth-order valence-corrected chi connectivity index (χ4v) is 2.99. The normalized spacial score (nSPS) is 12.4. The van der Waals surface area contributed by atoms with E-state index in [0.29, 0.717) is 16.3 Å². The van der Waals surface area contributed by atoms with Gasteiger partial charge in [0.15, 0.2) is 0 Å². The van der Waals surface area contributed by atoms with Crippen LogP contribution in [0.25, 0.3) is 0 Å². The van der Waals surface area contributed by atoms with Crippen LogP contribution in [0.1, 0.15) is 16.7 Å². The van der Waals surface area contributed by atoms with E-state index in [9.17, 15) is 4.39 Å². The van der Waals surface area contributed by atoms with Gasteiger partial charge in [-0.1, -0.05) is 36.4 Å². The van der Waals surface area contributed by atoms with Crippen LogP contribution in [0.4, 0.5) is 4.39 Å². The molecule has 0 spiro atoms. The largest absolute Gasteiger partial charge is 0.206 e. The molecular weight excluding hydrogens is 339 g/mol. The third kappa shape index (κ3) is 3.83. The monoisotopic (exact) mass is 354 g/mol. The summed E-state index contributed by atoms with van der Waals surface area (Å²) < 4.78 is 14.1. The molecule has 3 heteroatoms. The molecule has 0 aliphatic carbocycles. The van der Waals surface area contributed by atoms with Crippen molar-refractivity contribution in [1.29, 1.82) is 0 Å². The second kappa shape index (κ2) is 7.24. The number of aryl methyl sites for hydroxylation is 1. The van der Waals surface area contributed by atoms with Crippen molar-refractivity contribution in [3.63, 3.8) is 0 Å². The van der Waals surface area contributed by atoms with Crippen molar-refractivity contribution >= 4 is 27.5 Å². The van der Waals surface area contributed by atoms with E-state index in [1.165, 1.54) is 17.2 Å². The maximum atomic E-state index is 13.5. The Morgan fingerprint density at radius 3 is 2.40 bits per heavy atom. The van der Waals surface area contributed by atoms with Gasteiger partial charge in [-0.2, -0.15) is 0 Å². The Hall–Kier alpha value is -0.860. The van der Waals surface area contributed by atoms with E-state index >= 15 is 0 Å². The van der Waals surface area contributed by atoms with E-state index in [1.54, 1.807) is 6.07 Å². The highest BCUT2D eigenvalue weighted by molar-refractivity contribution is 9.10. The first-order valence-electron chi connectivity index (χ1n) is 6.65. The summed E-state index contributed by atoms with van der Waals surface area (Å²) >= 11 is 9.42. The van der Waals surface area contributed by atoms with Crippen LogP contribution in [-0.2, 0) is 12.8 Å². The predicted molar refractivity (Wildman–Crippen MR) is 86.9 cm³/mol. The highest BCUT2D eigenvalue weighted by atomic mass is 79.9. The zero-order valence-electron chi connectivity index (χ0n) is 11.4. The Labute approximate surface area is 133 Å². The van der Waals surface area contributed by atoms with Crippen LogP contribution < -0.4 is 0 Å². The lowest BCUT2D eigenvalue weighted by Gasteiger charge is -2.16. The highest BCUT2D eigenvalue weighted by Gasteiger charge is 2.14. The van der Waals surface area contributed by atoms with E-state index in [0.717, 1.165) is 18.4 Å². The molecule has 0 aromatic heterocycles. The van der Waals surface area contributed by atoms with Gasteiger partial charge in [-0.05, 0) is 64.4 Å². The lowest BCUT2D eigenvalue weighted by molar-refractivity contribution is 0.571. The summed E-state index contributed by atoms with van der Waals surface area (Å²) in [4.78, 5) is 0. The SMILES string of the molecule is Cc1ccccc1CC(CCl)Cc1cccc(F)c1Br. The molecule has 0 heterocycles. The van der Waals surface area contributed by atoms with Gasteiger partial charge < -0.3 is 0 Å². The number of benzene rings is 2. The van der Waals surface area contributed by atoms with Crippen molar-refractivity contribution in [2.75, 3.05) is 5.88 Å². The topological polar surface area (TPSA) is 0 Å². The Balaban J connectivity index is 2.14. The molecule has 1 unspecified atom stereocenters. The molecular formula is C17H17BrClF. The van der Waals surface area contributed by atoms with Gasteiger partial charge in [0.05, 0.1) is 4.47 Å². The van der Waals surface area contributed by atoms with E-state index in [4.69, 9.17) is 11.6 Å². The van der Waals surface area contributed by atoms with E-state index in [2.05, 4.69) is 35.0 Å². The second-order valence-electron chi connectivity index (χ2n) is 5.07. The quantitative estimate of drug-likeness (QED) is 0.618. The smallest absolute Gasteiger partial charge is 0.137 e. The lowest BCUT2D eigenvalue weighted by atomic mass is 9.92. The van der Waals surface area contributed by atoms with Crippen LogP contribution in [0.15, 0.2) is 46.9 Å². The number of alkyl halides is 1. The summed E-state index contributed by atoms with van der Waals surface area (Å²) in [5, 5.41) is 0. The van der Waals surface area contributed by atoms with Crippen molar-refractivity contribution in [2.24, 2.45) is 5.92 Å². The minimum atomic E-state index is -0.216. The third-order valence-corrected chi connectivity index (χ3v) is 4.85. The Morgan fingerprint density at radius 1 is 1.05 bits per heavy atom. The second-order valence-corrected chi connectivity index (χ2v) is 6.17. The van der Waals surface area contributed by atoms with E-state index < -0.39 is 0 Å². The standard InChI is InChI=1S/C17H17BrClF/c1-12-5-2-3-6-14(12)9-13(11-19)10-15-7-4-8-16(20)17(15)18/h2-8,13H,9-11H2,1H3. The van der Waals surface area contributed by atoms with Crippen LogP contribution >= 0.6 is 27.5 Å². The van der Waals surface area contributed by atoms with Crippen LogP contribution in [0, 0.1) is 18.7 Å². The Bertz CT molecular complexity index is 583. The summed E-state index contributed by atoms with van der Waals surface area (Å²) in [6.45, 7) is 2.11. The highest BCUT2D eigenvalue weighted by Crippen LogP contribution is 2.25. The van der Waals surface area contributed by atoms with E-state index in [1.807, 2.05) is 18.2 Å². The minimum Gasteiger partial charge on any atom is -0.206 e. The van der Waals surface area contributed by atoms with Crippen molar-refractivity contribution in [3.8, 4) is 0 Å². The van der Waals surface area contributed by atoms with Crippen molar-refractivity contribution in [2.45, 2.75) is 19.8 Å². The average Bonchev–Trinajstić information content (AvgIpc) is 2.45. The average molecular weight is 356 g/mol. The van der Waals surface area contributed by atoms with Crippen molar-refractivity contribution < 1.29 is 4.39 Å². The molecule has 0 radical (unpaired) electrons. The molecule has 0 amide bonds. The molecule has 0 aliphatic heterocycles. The molecule has 0 nitrogen and oxygen atoms in total. The number of hydrogen-bond acceptors (Lipinski definition) is 0. The zero-order valence-corrected chi connectivity index (χ0v) is 13.7. The van der Waals surface area contributed by atoms with E-state index in [-0.39, 0.29) is 5.82 Å². The fourth-order valence-electron chi connectivity index (χ4n) is 2.35. The molecule has 0 saturated carbocycles. The first kappa shape index (κ1) is 15.5. The number of rotatable bonds is 5. The van der Waals surface area contributed by atoms with Crippen LogP contribution in [0.2, 0.25) is 0 Å². The van der Waals surface area contributed by atoms with Gasteiger partial charge in [0, 0.05) is 5.88 Å². The molecule has 106 valence electrons. The maximum Gasteiger partial charge on any atom is 0.137 e. The van der Waals surface area contributed by atoms with Gasteiger partial charge in [-0.3, -0.25) is 0 Å². The Kier molecular flexibility index (Phi) is 5.62. The van der Waals surface area contributed by atoms with Crippen molar-refractivity contribution in [3.05, 3.63) is 69.4 Å². The number of halogens is 3. The zero-order chi connectivity index (χ0) is 14.5. The predicted octanol–water partition coefficient (Wildman–Crippen LogP) is 5.54. The molecule has 2 rings (SSSR count). The van der Waals surface area contributed by atoms with Gasteiger partial charge in [0.2, 0.25) is 0 Å². The molecule has 0 bridgehead atoms. The molecule has 2 aromatic carbocycles. The summed E-state index contributed by atoms with van der Waals surface area (Å²) in [6, 6.07) is 13.5. The molecule has 0 fully saturated rings. The summed E-state index contributed by atoms with van der Waals surface area (Å²) in [6.07, 6.45) is 1.69. The summed E-state index contributed by atoms with van der Waals surface area (Å²) in [7, 11) is 0. The molecule has 1 atom stereocenters. The molecule has 0 N–H and O–H groups in total. The van der Waals surface area contributed by atoms with Crippen LogP contribution in [-0.4, -0.2) is 5.88 Å². The fraction of sp³-hybridized carbons (Fsp3) is 0.294. The molecule has 20 heavy (non-hydrogen) atoms. The summed E-state index contributed by atoms with van der Waals surface area (Å²) in [5.41, 5.74) is 3.57. The van der Waals surface area contributed by atoms with Gasteiger partial charge in [-0.25, -0.2) is 4.39 Å².